The van der Waals surface area contributed by atoms with E-state index in [2.05, 4.69) is 90.2 Å². The molecule has 240 valence electrons. The lowest BCUT2D eigenvalue weighted by atomic mass is 9.63. The van der Waals surface area contributed by atoms with Crippen LogP contribution in [0.3, 0.4) is 0 Å². The summed E-state index contributed by atoms with van der Waals surface area (Å²) in [4.78, 5) is 0. The molecule has 4 heteroatoms. The summed E-state index contributed by atoms with van der Waals surface area (Å²) in [6, 6.07) is 0. The number of fused-ring (bicyclic) bond motifs is 1. The van der Waals surface area contributed by atoms with Gasteiger partial charge < -0.3 is 20.1 Å². The molecule has 1 aliphatic heterocycles. The minimum atomic E-state index is -1.08. The van der Waals surface area contributed by atoms with Crippen molar-refractivity contribution in [1.29, 1.82) is 0 Å². The van der Waals surface area contributed by atoms with Gasteiger partial charge in [-0.3, -0.25) is 0 Å². The van der Waals surface area contributed by atoms with Gasteiger partial charge in [0.1, 0.15) is 16.8 Å². The van der Waals surface area contributed by atoms with Gasteiger partial charge in [-0.05, 0) is 72.1 Å². The van der Waals surface area contributed by atoms with Gasteiger partial charge in [0.2, 0.25) is 0 Å². The Kier molecular flexibility index (Phi) is 11.1. The van der Waals surface area contributed by atoms with E-state index >= 15 is 0 Å². The first kappa shape index (κ1) is 35.7. The average molecular weight is 601 g/mol. The van der Waals surface area contributed by atoms with Gasteiger partial charge in [0.05, 0.1) is 12.2 Å². The van der Waals surface area contributed by atoms with Crippen LogP contribution in [0.15, 0.2) is 119 Å². The Hall–Kier alpha value is -2.76. The maximum Gasteiger partial charge on any atom is 0.121 e. The molecular formula is C40H56O4. The van der Waals surface area contributed by atoms with Crippen LogP contribution in [-0.4, -0.2) is 44.3 Å². The van der Waals surface area contributed by atoms with Crippen LogP contribution in [0.5, 0.6) is 0 Å². The third-order valence-corrected chi connectivity index (χ3v) is 9.74. The van der Waals surface area contributed by atoms with Gasteiger partial charge in [0.15, 0.2) is 0 Å². The highest BCUT2D eigenvalue weighted by atomic mass is 16.6. The van der Waals surface area contributed by atoms with Crippen molar-refractivity contribution in [1.82, 2.24) is 0 Å². The van der Waals surface area contributed by atoms with Crippen molar-refractivity contribution in [3.8, 4) is 0 Å². The largest absolute Gasteiger partial charge is 0.393 e. The summed E-state index contributed by atoms with van der Waals surface area (Å²) in [5, 5.41) is 31.7. The Bertz CT molecular complexity index is 1370. The number of ether oxygens (including phenoxy) is 1. The maximum absolute atomic E-state index is 11.3. The maximum atomic E-state index is 11.3. The zero-order chi connectivity index (χ0) is 33.0. The van der Waals surface area contributed by atoms with E-state index in [1.165, 1.54) is 0 Å². The van der Waals surface area contributed by atoms with E-state index in [0.29, 0.717) is 12.8 Å². The second kappa shape index (κ2) is 13.7. The second-order valence-corrected chi connectivity index (χ2v) is 14.7. The molecule has 0 aromatic heterocycles. The molecule has 2 aliphatic carbocycles. The first-order chi connectivity index (χ1) is 20.4. The predicted octanol–water partition coefficient (Wildman–Crippen LogP) is 8.73. The predicted molar refractivity (Wildman–Crippen MR) is 185 cm³/mol. The van der Waals surface area contributed by atoms with Crippen molar-refractivity contribution in [3.63, 3.8) is 0 Å². The monoisotopic (exact) mass is 600 g/mol. The van der Waals surface area contributed by atoms with Gasteiger partial charge in [-0.25, -0.2) is 0 Å². The van der Waals surface area contributed by atoms with Gasteiger partial charge >= 0.3 is 0 Å². The quantitative estimate of drug-likeness (QED) is 0.133. The van der Waals surface area contributed by atoms with E-state index in [1.807, 2.05) is 64.2 Å². The van der Waals surface area contributed by atoms with Crippen LogP contribution in [0.4, 0.5) is 0 Å². The fourth-order valence-corrected chi connectivity index (χ4v) is 6.96. The Balaban J connectivity index is 1.51. The molecule has 1 saturated heterocycles. The van der Waals surface area contributed by atoms with E-state index in [-0.39, 0.29) is 22.7 Å². The number of epoxide rings is 1. The minimum Gasteiger partial charge on any atom is -0.393 e. The van der Waals surface area contributed by atoms with Crippen molar-refractivity contribution < 1.29 is 20.1 Å². The Morgan fingerprint density at radius 2 is 1.16 bits per heavy atom. The van der Waals surface area contributed by atoms with Crippen LogP contribution in [-0.2, 0) is 4.74 Å². The summed E-state index contributed by atoms with van der Waals surface area (Å²) in [5.41, 5.74) is 3.05. The molecule has 4 nitrogen and oxygen atoms in total. The Morgan fingerprint density at radius 1 is 0.682 bits per heavy atom. The lowest BCUT2D eigenvalue weighted by Gasteiger charge is -2.46. The molecule has 0 spiro atoms. The van der Waals surface area contributed by atoms with Crippen LogP contribution in [0.25, 0.3) is 0 Å². The molecule has 5 atom stereocenters. The third-order valence-electron chi connectivity index (χ3n) is 9.74. The number of hydrogen-bond donors (Lipinski definition) is 3. The van der Waals surface area contributed by atoms with Crippen LogP contribution in [0.2, 0.25) is 0 Å². The zero-order valence-electron chi connectivity index (χ0n) is 28.7. The van der Waals surface area contributed by atoms with E-state index in [9.17, 15) is 15.3 Å². The van der Waals surface area contributed by atoms with Crippen LogP contribution < -0.4 is 0 Å². The summed E-state index contributed by atoms with van der Waals surface area (Å²) >= 11 is 0. The lowest BCUT2D eigenvalue weighted by molar-refractivity contribution is -0.0292. The fraction of sp³-hybridized carbons (Fsp3) is 0.500. The van der Waals surface area contributed by atoms with E-state index in [1.54, 1.807) is 6.08 Å². The Morgan fingerprint density at radius 3 is 1.66 bits per heavy atom. The second-order valence-electron chi connectivity index (χ2n) is 14.7. The highest BCUT2D eigenvalue weighted by Gasteiger charge is 2.74. The van der Waals surface area contributed by atoms with Crippen LogP contribution in [0.1, 0.15) is 88.5 Å². The van der Waals surface area contributed by atoms with Crippen molar-refractivity contribution in [3.05, 3.63) is 119 Å². The molecule has 1 heterocycles. The topological polar surface area (TPSA) is 73.2 Å². The SMILES string of the molecule is CC(C=CC=C(C)C=CC1(O)C(C)=CC(O)CC1(C)C)=CC=CC=C(C)C=CC=C(C)C=CC12OC1(C)CC(O)CC2(C)C. The van der Waals surface area contributed by atoms with Gasteiger partial charge in [-0.2, -0.15) is 0 Å². The van der Waals surface area contributed by atoms with Crippen LogP contribution >= 0.6 is 0 Å². The van der Waals surface area contributed by atoms with Gasteiger partial charge in [-0.15, -0.1) is 0 Å². The summed E-state index contributed by atoms with van der Waals surface area (Å²) in [7, 11) is 0. The molecule has 2 fully saturated rings. The van der Waals surface area contributed by atoms with Gasteiger partial charge in [0, 0.05) is 17.3 Å². The molecule has 1 saturated carbocycles. The summed E-state index contributed by atoms with van der Waals surface area (Å²) in [6.45, 7) is 20.6. The number of aliphatic hydroxyl groups excluding tert-OH is 2. The highest BCUT2D eigenvalue weighted by molar-refractivity contribution is 5.38. The smallest absolute Gasteiger partial charge is 0.121 e. The summed E-state index contributed by atoms with van der Waals surface area (Å²) in [5.74, 6) is 0. The molecule has 3 N–H and O–H groups in total. The molecule has 3 rings (SSSR count). The fourth-order valence-electron chi connectivity index (χ4n) is 6.96. The van der Waals surface area contributed by atoms with Crippen molar-refractivity contribution in [2.24, 2.45) is 10.8 Å². The number of allylic oxidation sites excluding steroid dienone is 16. The molecule has 0 bridgehead atoms. The molecule has 3 aliphatic rings. The first-order valence-electron chi connectivity index (χ1n) is 15.9. The summed E-state index contributed by atoms with van der Waals surface area (Å²) < 4.78 is 6.24. The van der Waals surface area contributed by atoms with E-state index in [4.69, 9.17) is 4.74 Å². The first-order valence-corrected chi connectivity index (χ1v) is 15.9. The molecule has 44 heavy (non-hydrogen) atoms. The zero-order valence-corrected chi connectivity index (χ0v) is 28.7. The van der Waals surface area contributed by atoms with Crippen molar-refractivity contribution in [2.75, 3.05) is 0 Å². The normalized spacial score (nSPS) is 35.0. The standard InChI is InChI=1S/C40H56O4/c1-29(17-13-19-31(3)21-23-39(43)33(5)25-34(41)26-36(39,6)7)15-11-12-16-30(2)18-14-20-32(4)22-24-40-37(8,9)27-35(42)28-38(40,10)44-40/h11-25,34-35,41-43H,26-28H2,1-10H3. The highest BCUT2D eigenvalue weighted by Crippen LogP contribution is 2.66. The van der Waals surface area contributed by atoms with E-state index < -0.39 is 17.1 Å². The Labute approximate surface area is 267 Å². The van der Waals surface area contributed by atoms with Crippen LogP contribution in [0, 0.1) is 10.8 Å². The molecular weight excluding hydrogens is 544 g/mol. The van der Waals surface area contributed by atoms with Crippen molar-refractivity contribution in [2.45, 2.75) is 118 Å². The van der Waals surface area contributed by atoms with Gasteiger partial charge in [0.25, 0.3) is 0 Å². The number of hydrogen-bond acceptors (Lipinski definition) is 4. The third kappa shape index (κ3) is 8.09. The van der Waals surface area contributed by atoms with Gasteiger partial charge in [-0.1, -0.05) is 129 Å². The summed E-state index contributed by atoms with van der Waals surface area (Å²) in [6.07, 6.45) is 31.7. The minimum absolute atomic E-state index is 0.104. The molecule has 0 aromatic carbocycles. The lowest BCUT2D eigenvalue weighted by Crippen LogP contribution is -2.48. The molecule has 0 aromatic rings. The molecule has 5 unspecified atom stereocenters. The van der Waals surface area contributed by atoms with E-state index in [0.717, 1.165) is 34.3 Å². The average Bonchev–Trinajstić information content (AvgIpc) is 3.52. The molecule has 0 amide bonds. The molecule has 0 radical (unpaired) electrons. The van der Waals surface area contributed by atoms with Crippen molar-refractivity contribution >= 4 is 0 Å². The number of aliphatic hydroxyl groups is 3. The number of rotatable bonds is 10.